The van der Waals surface area contributed by atoms with Crippen LogP contribution in [0.25, 0.3) is 0 Å². The minimum absolute atomic E-state index is 0.0117. The predicted molar refractivity (Wildman–Crippen MR) is 84.4 cm³/mol. The van der Waals surface area contributed by atoms with E-state index in [0.717, 1.165) is 13.1 Å². The normalized spacial score (nSPS) is 21.7. The average molecular weight is 311 g/mol. The highest BCUT2D eigenvalue weighted by Gasteiger charge is 2.27. The van der Waals surface area contributed by atoms with E-state index >= 15 is 0 Å². The lowest BCUT2D eigenvalue weighted by Gasteiger charge is -2.36. The zero-order chi connectivity index (χ0) is 15.9. The number of piperidine rings is 1. The summed E-state index contributed by atoms with van der Waals surface area (Å²) < 4.78 is 4.87. The summed E-state index contributed by atoms with van der Waals surface area (Å²) in [7, 11) is 1.53. The minimum Gasteiger partial charge on any atom is -0.375 e. The van der Waals surface area contributed by atoms with Gasteiger partial charge in [0.05, 0.1) is 0 Å². The molecule has 22 heavy (non-hydrogen) atoms. The molecule has 0 aromatic carbocycles. The third-order valence-corrected chi connectivity index (χ3v) is 4.94. The Bertz CT molecular complexity index is 375. The highest BCUT2D eigenvalue weighted by Crippen LogP contribution is 2.25. The number of amides is 2. The van der Waals surface area contributed by atoms with Crippen LogP contribution in [-0.2, 0) is 14.3 Å². The number of hydrogen-bond acceptors (Lipinski definition) is 4. The standard InChI is InChI=1S/C16H29N3O3/c1-13(14-3-5-17-6-4-14)11-15(20)18-7-9-19(10-8-18)16(21)12-22-2/h13-14,17H,3-12H2,1-2H3. The van der Waals surface area contributed by atoms with Gasteiger partial charge in [-0.15, -0.1) is 0 Å². The summed E-state index contributed by atoms with van der Waals surface area (Å²) in [4.78, 5) is 27.9. The lowest BCUT2D eigenvalue weighted by atomic mass is 9.84. The van der Waals surface area contributed by atoms with Crippen LogP contribution in [0.5, 0.6) is 0 Å². The molecule has 0 spiro atoms. The van der Waals surface area contributed by atoms with Gasteiger partial charge in [-0.05, 0) is 37.8 Å². The van der Waals surface area contributed by atoms with E-state index in [1.807, 2.05) is 4.90 Å². The number of nitrogens with zero attached hydrogens (tertiary/aromatic N) is 2. The van der Waals surface area contributed by atoms with Crippen molar-refractivity contribution in [3.8, 4) is 0 Å². The van der Waals surface area contributed by atoms with Gasteiger partial charge >= 0.3 is 0 Å². The fourth-order valence-electron chi connectivity index (χ4n) is 3.40. The number of ether oxygens (including phenoxy) is 1. The van der Waals surface area contributed by atoms with Crippen LogP contribution in [0.2, 0.25) is 0 Å². The Morgan fingerprint density at radius 1 is 1.09 bits per heavy atom. The molecule has 2 fully saturated rings. The number of piperazine rings is 1. The zero-order valence-corrected chi connectivity index (χ0v) is 13.8. The predicted octanol–water partition coefficient (Wildman–Crippen LogP) is 0.329. The molecule has 2 heterocycles. The van der Waals surface area contributed by atoms with Gasteiger partial charge in [-0.25, -0.2) is 0 Å². The summed E-state index contributed by atoms with van der Waals surface area (Å²) in [6.45, 7) is 7.01. The number of rotatable bonds is 5. The second-order valence-corrected chi connectivity index (χ2v) is 6.46. The maximum Gasteiger partial charge on any atom is 0.248 e. The van der Waals surface area contributed by atoms with Crippen molar-refractivity contribution in [2.75, 3.05) is 53.0 Å². The van der Waals surface area contributed by atoms with Gasteiger partial charge in [0, 0.05) is 39.7 Å². The van der Waals surface area contributed by atoms with Crippen LogP contribution in [0.3, 0.4) is 0 Å². The molecule has 2 aliphatic rings. The van der Waals surface area contributed by atoms with Crippen LogP contribution in [0, 0.1) is 11.8 Å². The van der Waals surface area contributed by atoms with Crippen LogP contribution in [-0.4, -0.2) is 74.6 Å². The molecule has 6 nitrogen and oxygen atoms in total. The van der Waals surface area contributed by atoms with Crippen LogP contribution in [0.1, 0.15) is 26.2 Å². The minimum atomic E-state index is 0.0117. The molecule has 0 aliphatic carbocycles. The quantitative estimate of drug-likeness (QED) is 0.795. The van der Waals surface area contributed by atoms with Gasteiger partial charge in [-0.3, -0.25) is 9.59 Å². The molecule has 0 aromatic rings. The fraction of sp³-hybridized carbons (Fsp3) is 0.875. The number of carbonyl (C=O) groups is 2. The molecule has 1 atom stereocenters. The van der Waals surface area contributed by atoms with Crippen molar-refractivity contribution in [3.05, 3.63) is 0 Å². The van der Waals surface area contributed by atoms with Gasteiger partial charge in [0.2, 0.25) is 11.8 Å². The van der Waals surface area contributed by atoms with Crippen molar-refractivity contribution < 1.29 is 14.3 Å². The Hall–Kier alpha value is -1.14. The monoisotopic (exact) mass is 311 g/mol. The van der Waals surface area contributed by atoms with Crippen LogP contribution in [0.15, 0.2) is 0 Å². The van der Waals surface area contributed by atoms with E-state index in [2.05, 4.69) is 12.2 Å². The molecule has 126 valence electrons. The van der Waals surface area contributed by atoms with Crippen molar-refractivity contribution in [2.24, 2.45) is 11.8 Å². The molecular formula is C16H29N3O3. The van der Waals surface area contributed by atoms with Gasteiger partial charge in [-0.1, -0.05) is 6.92 Å². The molecule has 2 amide bonds. The third kappa shape index (κ3) is 4.68. The average Bonchev–Trinajstić information content (AvgIpc) is 2.56. The van der Waals surface area contributed by atoms with Gasteiger partial charge in [0.25, 0.3) is 0 Å². The van der Waals surface area contributed by atoms with Crippen LogP contribution in [0.4, 0.5) is 0 Å². The lowest BCUT2D eigenvalue weighted by molar-refractivity contribution is -0.142. The van der Waals surface area contributed by atoms with E-state index in [1.165, 1.54) is 20.0 Å². The molecule has 0 saturated carbocycles. The van der Waals surface area contributed by atoms with Crippen molar-refractivity contribution in [1.82, 2.24) is 15.1 Å². The molecular weight excluding hydrogens is 282 g/mol. The summed E-state index contributed by atoms with van der Waals surface area (Å²) >= 11 is 0. The summed E-state index contributed by atoms with van der Waals surface area (Å²) in [6.07, 6.45) is 2.98. The topological polar surface area (TPSA) is 61.9 Å². The molecule has 0 bridgehead atoms. The molecule has 1 N–H and O–H groups in total. The zero-order valence-electron chi connectivity index (χ0n) is 13.8. The summed E-state index contributed by atoms with van der Waals surface area (Å²) in [5.41, 5.74) is 0. The molecule has 0 radical (unpaired) electrons. The Morgan fingerprint density at radius 2 is 1.64 bits per heavy atom. The Balaban J connectivity index is 1.73. The molecule has 2 aliphatic heterocycles. The van der Waals surface area contributed by atoms with Crippen molar-refractivity contribution in [2.45, 2.75) is 26.2 Å². The van der Waals surface area contributed by atoms with Gasteiger partial charge in [0.15, 0.2) is 0 Å². The molecule has 2 rings (SSSR count). The second-order valence-electron chi connectivity index (χ2n) is 6.46. The largest absolute Gasteiger partial charge is 0.375 e. The number of carbonyl (C=O) groups excluding carboxylic acids is 2. The van der Waals surface area contributed by atoms with Crippen molar-refractivity contribution in [3.63, 3.8) is 0 Å². The van der Waals surface area contributed by atoms with Crippen LogP contribution < -0.4 is 5.32 Å². The Labute approximate surface area is 133 Å². The van der Waals surface area contributed by atoms with Crippen molar-refractivity contribution >= 4 is 11.8 Å². The first kappa shape index (κ1) is 17.2. The van der Waals surface area contributed by atoms with E-state index in [-0.39, 0.29) is 18.4 Å². The van der Waals surface area contributed by atoms with Gasteiger partial charge in [-0.2, -0.15) is 0 Å². The summed E-state index contributed by atoms with van der Waals surface area (Å²) in [5, 5.41) is 3.37. The first-order valence-electron chi connectivity index (χ1n) is 8.37. The third-order valence-electron chi connectivity index (χ3n) is 4.94. The first-order valence-corrected chi connectivity index (χ1v) is 8.37. The highest BCUT2D eigenvalue weighted by molar-refractivity contribution is 5.79. The van der Waals surface area contributed by atoms with Gasteiger partial charge in [0.1, 0.15) is 6.61 Å². The molecule has 6 heteroatoms. The Kier molecular flexibility index (Phi) is 6.64. The molecule has 0 aromatic heterocycles. The van der Waals surface area contributed by atoms with E-state index in [1.54, 1.807) is 4.90 Å². The van der Waals surface area contributed by atoms with E-state index in [0.29, 0.717) is 44.4 Å². The lowest BCUT2D eigenvalue weighted by Crippen LogP contribution is -2.51. The number of hydrogen-bond donors (Lipinski definition) is 1. The second kappa shape index (κ2) is 8.48. The summed E-state index contributed by atoms with van der Waals surface area (Å²) in [5.74, 6) is 1.36. The molecule has 2 saturated heterocycles. The van der Waals surface area contributed by atoms with E-state index < -0.39 is 0 Å². The Morgan fingerprint density at radius 3 is 2.18 bits per heavy atom. The SMILES string of the molecule is COCC(=O)N1CCN(C(=O)CC(C)C2CCNCC2)CC1. The smallest absolute Gasteiger partial charge is 0.248 e. The van der Waals surface area contributed by atoms with E-state index in [4.69, 9.17) is 4.74 Å². The maximum absolute atomic E-state index is 12.4. The van der Waals surface area contributed by atoms with Gasteiger partial charge < -0.3 is 19.9 Å². The maximum atomic E-state index is 12.4. The van der Waals surface area contributed by atoms with Crippen molar-refractivity contribution in [1.29, 1.82) is 0 Å². The first-order chi connectivity index (χ1) is 10.6. The summed E-state index contributed by atoms with van der Waals surface area (Å²) in [6, 6.07) is 0. The van der Waals surface area contributed by atoms with Crippen LogP contribution >= 0.6 is 0 Å². The van der Waals surface area contributed by atoms with E-state index in [9.17, 15) is 9.59 Å². The molecule has 1 unspecified atom stereocenters. The number of methoxy groups -OCH3 is 1. The fourth-order valence-corrected chi connectivity index (χ4v) is 3.40. The number of nitrogens with one attached hydrogen (secondary N) is 1. The highest BCUT2D eigenvalue weighted by atomic mass is 16.5.